The summed E-state index contributed by atoms with van der Waals surface area (Å²) >= 11 is 0. The molecule has 0 spiro atoms. The zero-order valence-electron chi connectivity index (χ0n) is 12.4. The quantitative estimate of drug-likeness (QED) is 0.436. The summed E-state index contributed by atoms with van der Waals surface area (Å²) in [7, 11) is 0. The van der Waals surface area contributed by atoms with Crippen molar-refractivity contribution in [2.75, 3.05) is 0 Å². The van der Waals surface area contributed by atoms with Gasteiger partial charge in [0.05, 0.1) is 5.60 Å². The molecule has 0 saturated heterocycles. The van der Waals surface area contributed by atoms with Gasteiger partial charge in [0, 0.05) is 6.08 Å². The maximum absolute atomic E-state index is 9.75. The maximum atomic E-state index is 9.75. The van der Waals surface area contributed by atoms with Gasteiger partial charge in [-0.1, -0.05) is 36.0 Å². The van der Waals surface area contributed by atoms with E-state index in [1.54, 1.807) is 25.2 Å². The lowest BCUT2D eigenvalue weighted by Crippen LogP contribution is -2.19. The highest BCUT2D eigenvalue weighted by Gasteiger charge is 2.12. The van der Waals surface area contributed by atoms with Crippen LogP contribution >= 0.6 is 0 Å². The fourth-order valence-electron chi connectivity index (χ4n) is 1.00. The van der Waals surface area contributed by atoms with Crippen molar-refractivity contribution < 1.29 is 15.0 Å². The number of hydrogen-bond acceptors (Lipinski definition) is 2. The number of carbonyl (C=O) groups is 1. The van der Waals surface area contributed by atoms with E-state index in [1.807, 2.05) is 6.92 Å². The first kappa shape index (κ1) is 19.7. The minimum atomic E-state index is -0.914. The molecule has 108 valence electrons. The van der Waals surface area contributed by atoms with Gasteiger partial charge in [-0.2, -0.15) is 0 Å². The van der Waals surface area contributed by atoms with Crippen molar-refractivity contribution in [3.8, 4) is 0 Å². The lowest BCUT2D eigenvalue weighted by atomic mass is 10.00. The van der Waals surface area contributed by atoms with E-state index in [4.69, 9.17) is 5.11 Å². The first-order valence-corrected chi connectivity index (χ1v) is 6.26. The third-order valence-corrected chi connectivity index (χ3v) is 2.19. The van der Waals surface area contributed by atoms with Crippen LogP contribution in [-0.4, -0.2) is 21.8 Å². The van der Waals surface area contributed by atoms with Crippen LogP contribution in [0.5, 0.6) is 0 Å². The highest BCUT2D eigenvalue weighted by Crippen LogP contribution is 2.13. The predicted molar refractivity (Wildman–Crippen MR) is 81.1 cm³/mol. The summed E-state index contributed by atoms with van der Waals surface area (Å²) in [5.74, 6) is -0.914. The molecule has 2 N–H and O–H groups in total. The molecule has 0 bridgehead atoms. The van der Waals surface area contributed by atoms with Crippen molar-refractivity contribution in [2.45, 2.75) is 46.1 Å². The van der Waals surface area contributed by atoms with Crippen molar-refractivity contribution >= 4 is 5.97 Å². The van der Waals surface area contributed by atoms with Gasteiger partial charge in [-0.3, -0.25) is 0 Å². The molecule has 0 rings (SSSR count). The smallest absolute Gasteiger partial charge is 0.328 e. The van der Waals surface area contributed by atoms with Gasteiger partial charge in [-0.15, -0.1) is 6.58 Å². The van der Waals surface area contributed by atoms with Crippen LogP contribution in [-0.2, 0) is 4.79 Å². The third-order valence-electron chi connectivity index (χ3n) is 2.19. The van der Waals surface area contributed by atoms with Crippen molar-refractivity contribution in [1.29, 1.82) is 0 Å². The highest BCUT2D eigenvalue weighted by atomic mass is 16.4. The minimum absolute atomic E-state index is 0.702. The Hall–Kier alpha value is -1.61. The Kier molecular flexibility index (Phi) is 11.9. The molecular formula is C16H26O3. The van der Waals surface area contributed by atoms with Gasteiger partial charge in [-0.25, -0.2) is 4.79 Å². The van der Waals surface area contributed by atoms with Crippen LogP contribution in [0.3, 0.4) is 0 Å². The standard InChI is InChI=1S/C10H18O.C6H8O2/c1-5-10(4,11)8-6-7-9(2)3;1-2-3-4-5-6(7)8/h5,7,11H,1,6,8H2,2-4H3;2-5H,1H3,(H,7,8)/b;3-2+,5-4+. The lowest BCUT2D eigenvalue weighted by molar-refractivity contribution is -0.131. The molecule has 0 amide bonds. The lowest BCUT2D eigenvalue weighted by Gasteiger charge is -2.16. The number of aliphatic carboxylic acids is 1. The van der Waals surface area contributed by atoms with E-state index >= 15 is 0 Å². The molecule has 1 unspecified atom stereocenters. The molecule has 1 atom stereocenters. The second-order valence-corrected chi connectivity index (χ2v) is 4.60. The number of aliphatic hydroxyl groups is 1. The van der Waals surface area contributed by atoms with E-state index in [2.05, 4.69) is 26.5 Å². The molecule has 0 aromatic rings. The molecule has 0 saturated carbocycles. The summed E-state index contributed by atoms with van der Waals surface area (Å²) in [5.41, 5.74) is 0.594. The van der Waals surface area contributed by atoms with Crippen molar-refractivity contribution in [2.24, 2.45) is 0 Å². The molecule has 0 aromatic carbocycles. The molecule has 0 aliphatic carbocycles. The molecule has 3 nitrogen and oxygen atoms in total. The van der Waals surface area contributed by atoms with Crippen LogP contribution in [0.2, 0.25) is 0 Å². The van der Waals surface area contributed by atoms with Crippen LogP contribution in [0.1, 0.15) is 40.5 Å². The van der Waals surface area contributed by atoms with Crippen LogP contribution in [0.4, 0.5) is 0 Å². The highest BCUT2D eigenvalue weighted by molar-refractivity contribution is 5.80. The summed E-state index contributed by atoms with van der Waals surface area (Å²) in [6.07, 6.45) is 11.4. The summed E-state index contributed by atoms with van der Waals surface area (Å²) in [5, 5.41) is 17.5. The number of rotatable bonds is 6. The van der Waals surface area contributed by atoms with Crippen molar-refractivity contribution in [1.82, 2.24) is 0 Å². The monoisotopic (exact) mass is 266 g/mol. The Morgan fingerprint density at radius 2 is 1.89 bits per heavy atom. The SMILES string of the molecule is C/C=C/C=C/C(=O)O.C=CC(C)(O)CCC=C(C)C. The van der Waals surface area contributed by atoms with E-state index in [-0.39, 0.29) is 0 Å². The molecule has 0 aliphatic rings. The van der Waals surface area contributed by atoms with E-state index < -0.39 is 11.6 Å². The number of allylic oxidation sites excluding steroid dienone is 5. The molecule has 3 heteroatoms. The number of hydrogen-bond donors (Lipinski definition) is 2. The molecule has 0 aliphatic heterocycles. The van der Waals surface area contributed by atoms with Crippen molar-refractivity contribution in [3.05, 3.63) is 48.6 Å². The second-order valence-electron chi connectivity index (χ2n) is 4.60. The number of carboxylic acid groups (broad SMARTS) is 1. The average Bonchev–Trinajstić information content (AvgIpc) is 2.29. The summed E-state index contributed by atoms with van der Waals surface area (Å²) < 4.78 is 0. The molecule has 0 aromatic heterocycles. The Morgan fingerprint density at radius 3 is 2.26 bits per heavy atom. The summed E-state index contributed by atoms with van der Waals surface area (Å²) in [6, 6.07) is 0. The van der Waals surface area contributed by atoms with Crippen LogP contribution in [0.15, 0.2) is 48.6 Å². The van der Waals surface area contributed by atoms with Gasteiger partial charge in [0.1, 0.15) is 0 Å². The van der Waals surface area contributed by atoms with Gasteiger partial charge in [0.25, 0.3) is 0 Å². The Morgan fingerprint density at radius 1 is 1.32 bits per heavy atom. The second kappa shape index (κ2) is 11.5. The van der Waals surface area contributed by atoms with E-state index in [0.717, 1.165) is 18.9 Å². The topological polar surface area (TPSA) is 57.5 Å². The van der Waals surface area contributed by atoms with Gasteiger partial charge in [0.15, 0.2) is 0 Å². The van der Waals surface area contributed by atoms with Gasteiger partial charge in [-0.05, 0) is 40.5 Å². The first-order valence-electron chi connectivity index (χ1n) is 6.26. The number of carboxylic acids is 1. The predicted octanol–water partition coefficient (Wildman–Crippen LogP) is 3.87. The summed E-state index contributed by atoms with van der Waals surface area (Å²) in [6.45, 7) is 11.3. The zero-order valence-corrected chi connectivity index (χ0v) is 12.4. The van der Waals surface area contributed by atoms with Gasteiger partial charge < -0.3 is 10.2 Å². The van der Waals surface area contributed by atoms with E-state index in [9.17, 15) is 9.90 Å². The Labute approximate surface area is 116 Å². The third kappa shape index (κ3) is 18.9. The Balaban J connectivity index is 0. The Bertz CT molecular complexity index is 343. The van der Waals surface area contributed by atoms with E-state index in [0.29, 0.717) is 0 Å². The van der Waals surface area contributed by atoms with Crippen molar-refractivity contribution in [3.63, 3.8) is 0 Å². The average molecular weight is 266 g/mol. The fraction of sp³-hybridized carbons (Fsp3) is 0.438. The van der Waals surface area contributed by atoms with Crippen LogP contribution in [0.25, 0.3) is 0 Å². The minimum Gasteiger partial charge on any atom is -0.478 e. The van der Waals surface area contributed by atoms with E-state index in [1.165, 1.54) is 11.6 Å². The van der Waals surface area contributed by atoms with Crippen LogP contribution < -0.4 is 0 Å². The molecule has 0 fully saturated rings. The first-order chi connectivity index (χ1) is 8.75. The molecule has 0 heterocycles. The van der Waals surface area contributed by atoms with Crippen LogP contribution in [0, 0.1) is 0 Å². The molecule has 0 radical (unpaired) electrons. The van der Waals surface area contributed by atoms with Gasteiger partial charge in [0.2, 0.25) is 0 Å². The largest absolute Gasteiger partial charge is 0.478 e. The maximum Gasteiger partial charge on any atom is 0.328 e. The molecular weight excluding hydrogens is 240 g/mol. The normalized spacial score (nSPS) is 13.5. The molecule has 19 heavy (non-hydrogen) atoms. The summed E-state index contributed by atoms with van der Waals surface area (Å²) in [4.78, 5) is 9.75. The van der Waals surface area contributed by atoms with Gasteiger partial charge >= 0.3 is 5.97 Å². The zero-order chi connectivity index (χ0) is 15.3. The fourth-order valence-corrected chi connectivity index (χ4v) is 1.00.